The van der Waals surface area contributed by atoms with Crippen molar-refractivity contribution >= 4 is 11.6 Å². The average molecular weight is 254 g/mol. The number of para-hydroxylation sites is 1. The third-order valence-corrected chi connectivity index (χ3v) is 3.13. The second-order valence-corrected chi connectivity index (χ2v) is 4.52. The quantitative estimate of drug-likeness (QED) is 0.841. The van der Waals surface area contributed by atoms with Crippen LogP contribution in [0.5, 0.6) is 0 Å². The van der Waals surface area contributed by atoms with Gasteiger partial charge in [-0.25, -0.2) is 0 Å². The molecule has 2 rings (SSSR count). The van der Waals surface area contributed by atoms with Crippen LogP contribution < -0.4 is 4.90 Å². The molecule has 0 atom stereocenters. The molecule has 0 radical (unpaired) electrons. The third kappa shape index (κ3) is 2.81. The maximum Gasteiger partial charge on any atom is 0.259 e. The van der Waals surface area contributed by atoms with E-state index in [-0.39, 0.29) is 5.91 Å². The Morgan fingerprint density at radius 3 is 2.47 bits per heavy atom. The molecule has 1 heterocycles. The van der Waals surface area contributed by atoms with Crippen LogP contribution in [0.3, 0.4) is 0 Å². The summed E-state index contributed by atoms with van der Waals surface area (Å²) in [6.07, 6.45) is 1.64. The number of pyridine rings is 1. The van der Waals surface area contributed by atoms with E-state index in [0.29, 0.717) is 12.1 Å². The van der Waals surface area contributed by atoms with Crippen molar-refractivity contribution in [3.05, 3.63) is 59.4 Å². The van der Waals surface area contributed by atoms with Gasteiger partial charge in [0.1, 0.15) is 0 Å². The second-order valence-electron chi connectivity index (χ2n) is 4.52. The van der Waals surface area contributed by atoms with Crippen molar-refractivity contribution in [2.24, 2.45) is 0 Å². The van der Waals surface area contributed by atoms with E-state index in [1.54, 1.807) is 11.1 Å². The summed E-state index contributed by atoms with van der Waals surface area (Å²) in [5, 5.41) is 0. The first kappa shape index (κ1) is 13.3. The lowest BCUT2D eigenvalue weighted by atomic mass is 10.1. The number of carbonyl (C=O) groups is 1. The number of aryl methyl sites for hydroxylation is 2. The van der Waals surface area contributed by atoms with E-state index in [2.05, 4.69) is 4.98 Å². The summed E-state index contributed by atoms with van der Waals surface area (Å²) in [6, 6.07) is 11.6. The highest BCUT2D eigenvalue weighted by Gasteiger charge is 2.17. The van der Waals surface area contributed by atoms with Crippen LogP contribution in [0, 0.1) is 13.8 Å². The van der Waals surface area contributed by atoms with Crippen molar-refractivity contribution in [2.75, 3.05) is 11.4 Å². The number of carbonyl (C=O) groups excluding carboxylic acids is 1. The minimum absolute atomic E-state index is 0.00991. The number of hydrogen-bond donors (Lipinski definition) is 0. The number of anilines is 1. The number of nitrogens with zero attached hydrogens (tertiary/aromatic N) is 2. The minimum atomic E-state index is -0.00991. The van der Waals surface area contributed by atoms with Crippen molar-refractivity contribution < 1.29 is 4.79 Å². The summed E-state index contributed by atoms with van der Waals surface area (Å²) in [4.78, 5) is 18.5. The van der Waals surface area contributed by atoms with Gasteiger partial charge in [0.2, 0.25) is 0 Å². The molecular weight excluding hydrogens is 236 g/mol. The molecule has 0 unspecified atom stereocenters. The van der Waals surface area contributed by atoms with Crippen molar-refractivity contribution in [1.82, 2.24) is 4.98 Å². The molecule has 1 aromatic heterocycles. The Labute approximate surface area is 113 Å². The number of benzene rings is 1. The molecule has 19 heavy (non-hydrogen) atoms. The standard InChI is InChI=1S/C16H18N2O/c1-4-18(15-8-6-5-7-12(15)2)16(19)14-10-9-13(3)17-11-14/h5-11H,4H2,1-3H3. The van der Waals surface area contributed by atoms with Gasteiger partial charge in [-0.1, -0.05) is 18.2 Å². The topological polar surface area (TPSA) is 33.2 Å². The number of aromatic nitrogens is 1. The molecule has 0 fully saturated rings. The lowest BCUT2D eigenvalue weighted by molar-refractivity contribution is 0.0988. The van der Waals surface area contributed by atoms with Crippen LogP contribution >= 0.6 is 0 Å². The average Bonchev–Trinajstić information content (AvgIpc) is 2.42. The highest BCUT2D eigenvalue weighted by Crippen LogP contribution is 2.21. The Balaban J connectivity index is 2.35. The van der Waals surface area contributed by atoms with Gasteiger partial charge in [0.25, 0.3) is 5.91 Å². The maximum atomic E-state index is 12.5. The highest BCUT2D eigenvalue weighted by atomic mass is 16.2. The fourth-order valence-corrected chi connectivity index (χ4v) is 2.04. The maximum absolute atomic E-state index is 12.5. The van der Waals surface area contributed by atoms with Crippen LogP contribution in [0.15, 0.2) is 42.6 Å². The Morgan fingerprint density at radius 2 is 1.89 bits per heavy atom. The van der Waals surface area contributed by atoms with Gasteiger partial charge in [-0.15, -0.1) is 0 Å². The predicted molar refractivity (Wildman–Crippen MR) is 77.5 cm³/mol. The highest BCUT2D eigenvalue weighted by molar-refractivity contribution is 6.06. The van der Waals surface area contributed by atoms with Crippen LogP contribution in [0.25, 0.3) is 0 Å². The van der Waals surface area contributed by atoms with Gasteiger partial charge < -0.3 is 4.90 Å². The van der Waals surface area contributed by atoms with Gasteiger partial charge in [-0.05, 0) is 44.5 Å². The Hall–Kier alpha value is -2.16. The first-order valence-corrected chi connectivity index (χ1v) is 6.43. The molecule has 1 amide bonds. The van der Waals surface area contributed by atoms with E-state index >= 15 is 0 Å². The smallest absolute Gasteiger partial charge is 0.259 e. The van der Waals surface area contributed by atoms with Crippen molar-refractivity contribution in [1.29, 1.82) is 0 Å². The third-order valence-electron chi connectivity index (χ3n) is 3.13. The molecule has 0 aliphatic carbocycles. The summed E-state index contributed by atoms with van der Waals surface area (Å²) >= 11 is 0. The zero-order chi connectivity index (χ0) is 13.8. The van der Waals surface area contributed by atoms with Gasteiger partial charge in [-0.2, -0.15) is 0 Å². The van der Waals surface area contributed by atoms with Crippen LogP contribution in [0.4, 0.5) is 5.69 Å². The van der Waals surface area contributed by atoms with Crippen molar-refractivity contribution in [3.63, 3.8) is 0 Å². The molecule has 0 aliphatic rings. The van der Waals surface area contributed by atoms with Crippen molar-refractivity contribution in [3.8, 4) is 0 Å². The molecule has 3 heteroatoms. The van der Waals surface area contributed by atoms with Crippen LogP contribution in [0.2, 0.25) is 0 Å². The molecule has 0 saturated heterocycles. The second kappa shape index (κ2) is 5.65. The summed E-state index contributed by atoms with van der Waals surface area (Å²) in [5.41, 5.74) is 3.58. The summed E-state index contributed by atoms with van der Waals surface area (Å²) in [5.74, 6) is -0.00991. The number of hydrogen-bond acceptors (Lipinski definition) is 2. The van der Waals surface area contributed by atoms with E-state index in [1.165, 1.54) is 0 Å². The first-order chi connectivity index (χ1) is 9.13. The lowest BCUT2D eigenvalue weighted by Gasteiger charge is -2.22. The lowest BCUT2D eigenvalue weighted by Crippen LogP contribution is -2.31. The Kier molecular flexibility index (Phi) is 3.95. The molecular formula is C16H18N2O. The molecule has 0 bridgehead atoms. The van der Waals surface area contributed by atoms with E-state index in [4.69, 9.17) is 0 Å². The van der Waals surface area contributed by atoms with Crippen LogP contribution in [-0.2, 0) is 0 Å². The fraction of sp³-hybridized carbons (Fsp3) is 0.250. The Bertz CT molecular complexity index is 576. The number of amides is 1. The van der Waals surface area contributed by atoms with E-state index < -0.39 is 0 Å². The summed E-state index contributed by atoms with van der Waals surface area (Å²) in [7, 11) is 0. The van der Waals surface area contributed by atoms with Gasteiger partial charge in [-0.3, -0.25) is 9.78 Å². The molecule has 98 valence electrons. The van der Waals surface area contributed by atoms with E-state index in [1.807, 2.05) is 57.2 Å². The first-order valence-electron chi connectivity index (χ1n) is 6.43. The monoisotopic (exact) mass is 254 g/mol. The normalized spacial score (nSPS) is 10.3. The fourth-order valence-electron chi connectivity index (χ4n) is 2.04. The largest absolute Gasteiger partial charge is 0.308 e. The van der Waals surface area contributed by atoms with Gasteiger partial charge in [0.15, 0.2) is 0 Å². The van der Waals surface area contributed by atoms with E-state index in [0.717, 1.165) is 16.9 Å². The van der Waals surface area contributed by atoms with Gasteiger partial charge in [0.05, 0.1) is 5.56 Å². The molecule has 1 aromatic carbocycles. The number of rotatable bonds is 3. The molecule has 0 N–H and O–H groups in total. The van der Waals surface area contributed by atoms with Gasteiger partial charge >= 0.3 is 0 Å². The van der Waals surface area contributed by atoms with Gasteiger partial charge in [0, 0.05) is 24.1 Å². The molecule has 2 aromatic rings. The van der Waals surface area contributed by atoms with Crippen LogP contribution in [0.1, 0.15) is 28.5 Å². The van der Waals surface area contributed by atoms with Crippen molar-refractivity contribution in [2.45, 2.75) is 20.8 Å². The minimum Gasteiger partial charge on any atom is -0.308 e. The molecule has 0 spiro atoms. The van der Waals surface area contributed by atoms with Crippen LogP contribution in [-0.4, -0.2) is 17.4 Å². The summed E-state index contributed by atoms with van der Waals surface area (Å²) in [6.45, 7) is 6.54. The zero-order valence-corrected chi connectivity index (χ0v) is 11.6. The molecule has 0 aliphatic heterocycles. The summed E-state index contributed by atoms with van der Waals surface area (Å²) < 4.78 is 0. The molecule has 3 nitrogen and oxygen atoms in total. The molecule has 0 saturated carbocycles. The predicted octanol–water partition coefficient (Wildman–Crippen LogP) is 3.37. The Morgan fingerprint density at radius 1 is 1.16 bits per heavy atom. The SMILES string of the molecule is CCN(C(=O)c1ccc(C)nc1)c1ccccc1C. The zero-order valence-electron chi connectivity index (χ0n) is 11.6. The van der Waals surface area contributed by atoms with E-state index in [9.17, 15) is 4.79 Å².